The second kappa shape index (κ2) is 6.63. The minimum Gasteiger partial charge on any atom is -0.489 e. The van der Waals surface area contributed by atoms with Crippen molar-refractivity contribution in [3.8, 4) is 5.75 Å². The summed E-state index contributed by atoms with van der Waals surface area (Å²) in [4.78, 5) is 0. The van der Waals surface area contributed by atoms with Crippen molar-refractivity contribution in [1.29, 1.82) is 0 Å². The summed E-state index contributed by atoms with van der Waals surface area (Å²) in [5, 5.41) is 2.95. The van der Waals surface area contributed by atoms with Gasteiger partial charge in [0.15, 0.2) is 0 Å². The number of halogens is 3. The van der Waals surface area contributed by atoms with Gasteiger partial charge in [-0.15, -0.1) is 0 Å². The predicted molar refractivity (Wildman–Crippen MR) is 74.6 cm³/mol. The second-order valence-electron chi connectivity index (χ2n) is 4.72. The average Bonchev–Trinajstić information content (AvgIpc) is 2.45. The van der Waals surface area contributed by atoms with Crippen molar-refractivity contribution in [2.45, 2.75) is 19.6 Å². The molecule has 2 aromatic carbocycles. The number of nitrogens with one attached hydrogen (secondary N) is 1. The molecule has 0 spiro atoms. The highest BCUT2D eigenvalue weighted by molar-refractivity contribution is 5.31. The van der Waals surface area contributed by atoms with Crippen LogP contribution in [0.1, 0.15) is 24.1 Å². The third kappa shape index (κ3) is 3.76. The van der Waals surface area contributed by atoms with Crippen molar-refractivity contribution in [2.24, 2.45) is 0 Å². The van der Waals surface area contributed by atoms with Gasteiger partial charge in [-0.3, -0.25) is 0 Å². The third-order valence-corrected chi connectivity index (χ3v) is 3.28. The van der Waals surface area contributed by atoms with E-state index in [1.807, 2.05) is 6.92 Å². The normalized spacial score (nSPS) is 12.2. The van der Waals surface area contributed by atoms with Crippen molar-refractivity contribution in [1.82, 2.24) is 5.32 Å². The molecule has 0 saturated carbocycles. The molecular weight excluding hydrogens is 279 g/mol. The zero-order valence-electron chi connectivity index (χ0n) is 11.8. The molecule has 0 saturated heterocycles. The number of ether oxygens (including phenoxy) is 1. The van der Waals surface area contributed by atoms with Gasteiger partial charge in [-0.05, 0) is 32.2 Å². The molecule has 0 heterocycles. The van der Waals surface area contributed by atoms with Gasteiger partial charge < -0.3 is 10.1 Å². The molecule has 21 heavy (non-hydrogen) atoms. The molecule has 0 aliphatic heterocycles. The highest BCUT2D eigenvalue weighted by Gasteiger charge is 2.11. The van der Waals surface area contributed by atoms with Crippen molar-refractivity contribution >= 4 is 0 Å². The van der Waals surface area contributed by atoms with Crippen LogP contribution in [0.4, 0.5) is 13.2 Å². The monoisotopic (exact) mass is 295 g/mol. The molecule has 0 bridgehead atoms. The van der Waals surface area contributed by atoms with Crippen molar-refractivity contribution in [3.05, 3.63) is 65.0 Å². The minimum atomic E-state index is -0.684. The SMILES string of the molecule is CNC(C)c1ccc(OCc2ccc(F)cc2F)cc1F. The second-order valence-corrected chi connectivity index (χ2v) is 4.72. The van der Waals surface area contributed by atoms with Gasteiger partial charge in [0, 0.05) is 29.3 Å². The van der Waals surface area contributed by atoms with E-state index in [-0.39, 0.29) is 18.2 Å². The van der Waals surface area contributed by atoms with E-state index in [2.05, 4.69) is 5.32 Å². The average molecular weight is 295 g/mol. The van der Waals surface area contributed by atoms with Gasteiger partial charge in [0.2, 0.25) is 0 Å². The lowest BCUT2D eigenvalue weighted by atomic mass is 10.1. The van der Waals surface area contributed by atoms with Gasteiger partial charge in [-0.2, -0.15) is 0 Å². The smallest absolute Gasteiger partial charge is 0.132 e. The molecule has 1 N–H and O–H groups in total. The molecule has 5 heteroatoms. The van der Waals surface area contributed by atoms with Crippen LogP contribution >= 0.6 is 0 Å². The first kappa shape index (κ1) is 15.4. The summed E-state index contributed by atoms with van der Waals surface area (Å²) in [6, 6.07) is 7.62. The highest BCUT2D eigenvalue weighted by Crippen LogP contribution is 2.22. The van der Waals surface area contributed by atoms with Gasteiger partial charge in [0.05, 0.1) is 0 Å². The minimum absolute atomic E-state index is 0.0908. The van der Waals surface area contributed by atoms with Crippen LogP contribution in [0.3, 0.4) is 0 Å². The Kier molecular flexibility index (Phi) is 4.85. The quantitative estimate of drug-likeness (QED) is 0.901. The Balaban J connectivity index is 2.08. The van der Waals surface area contributed by atoms with E-state index in [4.69, 9.17) is 4.74 Å². The Labute approximate surface area is 121 Å². The molecule has 1 atom stereocenters. The molecule has 0 aliphatic carbocycles. The Morgan fingerprint density at radius 2 is 1.81 bits per heavy atom. The zero-order valence-corrected chi connectivity index (χ0v) is 11.8. The molecular formula is C16H16F3NO. The molecule has 0 aromatic heterocycles. The van der Waals surface area contributed by atoms with Crippen LogP contribution in [0.25, 0.3) is 0 Å². The summed E-state index contributed by atoms with van der Waals surface area (Å²) in [6.07, 6.45) is 0. The molecule has 0 fully saturated rings. The number of hydrogen-bond acceptors (Lipinski definition) is 2. The zero-order chi connectivity index (χ0) is 15.4. The predicted octanol–water partition coefficient (Wildman–Crippen LogP) is 3.96. The van der Waals surface area contributed by atoms with Gasteiger partial charge in [-0.1, -0.05) is 6.07 Å². The van der Waals surface area contributed by atoms with Crippen molar-refractivity contribution in [2.75, 3.05) is 7.05 Å². The van der Waals surface area contributed by atoms with Crippen LogP contribution in [0.15, 0.2) is 36.4 Å². The van der Waals surface area contributed by atoms with E-state index in [1.54, 1.807) is 19.2 Å². The fourth-order valence-electron chi connectivity index (χ4n) is 1.90. The van der Waals surface area contributed by atoms with E-state index >= 15 is 0 Å². The molecule has 2 aromatic rings. The lowest BCUT2D eigenvalue weighted by Gasteiger charge is -2.13. The molecule has 2 rings (SSSR count). The molecule has 0 radical (unpaired) electrons. The molecule has 112 valence electrons. The van der Waals surface area contributed by atoms with Crippen molar-refractivity contribution in [3.63, 3.8) is 0 Å². The molecule has 0 amide bonds. The number of hydrogen-bond donors (Lipinski definition) is 1. The Hall–Kier alpha value is -2.01. The third-order valence-electron chi connectivity index (χ3n) is 3.28. The Morgan fingerprint density at radius 1 is 1.05 bits per heavy atom. The summed E-state index contributed by atoms with van der Waals surface area (Å²) in [7, 11) is 1.74. The summed E-state index contributed by atoms with van der Waals surface area (Å²) in [5.41, 5.74) is 0.738. The van der Waals surface area contributed by atoms with Gasteiger partial charge >= 0.3 is 0 Å². The molecule has 1 unspecified atom stereocenters. The fourth-order valence-corrected chi connectivity index (χ4v) is 1.90. The maximum atomic E-state index is 13.9. The van der Waals surface area contributed by atoms with Crippen LogP contribution < -0.4 is 10.1 Å². The Morgan fingerprint density at radius 3 is 2.43 bits per heavy atom. The topological polar surface area (TPSA) is 21.3 Å². The summed E-state index contributed by atoms with van der Waals surface area (Å²) < 4.78 is 45.5. The number of rotatable bonds is 5. The lowest BCUT2D eigenvalue weighted by molar-refractivity contribution is 0.297. The van der Waals surface area contributed by atoms with Crippen LogP contribution in [0.5, 0.6) is 5.75 Å². The number of benzene rings is 2. The van der Waals surface area contributed by atoms with Gasteiger partial charge in [0.1, 0.15) is 29.8 Å². The van der Waals surface area contributed by atoms with Crippen LogP contribution in [0, 0.1) is 17.5 Å². The first-order valence-electron chi connectivity index (χ1n) is 6.54. The summed E-state index contributed by atoms with van der Waals surface area (Å²) in [6.45, 7) is 1.75. The van der Waals surface area contributed by atoms with Gasteiger partial charge in [-0.25, -0.2) is 13.2 Å². The Bertz CT molecular complexity index is 631. The first-order valence-corrected chi connectivity index (χ1v) is 6.54. The highest BCUT2D eigenvalue weighted by atomic mass is 19.1. The van der Waals surface area contributed by atoms with Crippen LogP contribution in [-0.2, 0) is 6.61 Å². The van der Waals surface area contributed by atoms with Gasteiger partial charge in [0.25, 0.3) is 0 Å². The maximum absolute atomic E-state index is 13.9. The van der Waals surface area contributed by atoms with E-state index < -0.39 is 17.5 Å². The largest absolute Gasteiger partial charge is 0.489 e. The van der Waals surface area contributed by atoms with E-state index in [1.165, 1.54) is 12.1 Å². The van der Waals surface area contributed by atoms with Crippen molar-refractivity contribution < 1.29 is 17.9 Å². The van der Waals surface area contributed by atoms with Crippen LogP contribution in [-0.4, -0.2) is 7.05 Å². The fraction of sp³-hybridized carbons (Fsp3) is 0.250. The van der Waals surface area contributed by atoms with E-state index in [9.17, 15) is 13.2 Å². The maximum Gasteiger partial charge on any atom is 0.132 e. The molecule has 2 nitrogen and oxygen atoms in total. The first-order chi connectivity index (χ1) is 10.0. The molecule has 0 aliphatic rings. The summed E-state index contributed by atoms with van der Waals surface area (Å²) >= 11 is 0. The lowest BCUT2D eigenvalue weighted by Crippen LogP contribution is -2.13. The van der Waals surface area contributed by atoms with E-state index in [0.29, 0.717) is 11.3 Å². The van der Waals surface area contributed by atoms with E-state index in [0.717, 1.165) is 12.1 Å². The van der Waals surface area contributed by atoms with Crippen LogP contribution in [0.2, 0.25) is 0 Å². The standard InChI is InChI=1S/C16H16F3NO/c1-10(20-2)14-6-5-13(8-16(14)19)21-9-11-3-4-12(17)7-15(11)18/h3-8,10,20H,9H2,1-2H3. The summed E-state index contributed by atoms with van der Waals surface area (Å²) in [5.74, 6) is -1.43.